The molecule has 7 nitrogen and oxygen atoms in total. The molecule has 1 aromatic carbocycles. The maximum atomic E-state index is 12.3. The molecule has 1 aliphatic carbocycles. The van der Waals surface area contributed by atoms with Gasteiger partial charge in [-0.3, -0.25) is 9.59 Å². The maximum absolute atomic E-state index is 12.3. The van der Waals surface area contributed by atoms with Crippen molar-refractivity contribution in [1.29, 1.82) is 0 Å². The van der Waals surface area contributed by atoms with Crippen LogP contribution in [0.4, 0.5) is 0 Å². The molecule has 0 saturated heterocycles. The van der Waals surface area contributed by atoms with Crippen LogP contribution in [0.3, 0.4) is 0 Å². The van der Waals surface area contributed by atoms with Gasteiger partial charge in [0.05, 0.1) is 12.2 Å². The van der Waals surface area contributed by atoms with E-state index in [2.05, 4.69) is 10.6 Å². The topological polar surface area (TPSA) is 105 Å². The van der Waals surface area contributed by atoms with Crippen LogP contribution in [-0.2, 0) is 9.59 Å². The molecular weight excluding hydrogens is 348 g/mol. The number of aliphatic carboxylic acids is 1. The molecule has 0 aromatic heterocycles. The van der Waals surface area contributed by atoms with Crippen LogP contribution in [0.5, 0.6) is 5.75 Å². The Kier molecular flexibility index (Phi) is 7.64. The molecule has 1 saturated carbocycles. The third-order valence-corrected chi connectivity index (χ3v) is 4.79. The quantitative estimate of drug-likeness (QED) is 0.574. The van der Waals surface area contributed by atoms with E-state index in [0.29, 0.717) is 43.7 Å². The summed E-state index contributed by atoms with van der Waals surface area (Å²) in [5.41, 5.74) is -0.675. The Labute approximate surface area is 159 Å². The lowest BCUT2D eigenvalue weighted by Crippen LogP contribution is -2.55. The van der Waals surface area contributed by atoms with E-state index in [9.17, 15) is 19.5 Å². The molecule has 1 aromatic rings. The molecule has 1 aliphatic rings. The predicted molar refractivity (Wildman–Crippen MR) is 101 cm³/mol. The van der Waals surface area contributed by atoms with Gasteiger partial charge < -0.3 is 20.5 Å². The highest BCUT2D eigenvalue weighted by Crippen LogP contribution is 2.28. The van der Waals surface area contributed by atoms with E-state index in [1.54, 1.807) is 24.3 Å². The van der Waals surface area contributed by atoms with Gasteiger partial charge in [0.25, 0.3) is 5.91 Å². The summed E-state index contributed by atoms with van der Waals surface area (Å²) in [7, 11) is 0. The van der Waals surface area contributed by atoms with Gasteiger partial charge in [-0.15, -0.1) is 0 Å². The Morgan fingerprint density at radius 2 is 1.85 bits per heavy atom. The van der Waals surface area contributed by atoms with Crippen molar-refractivity contribution in [1.82, 2.24) is 10.6 Å². The summed E-state index contributed by atoms with van der Waals surface area (Å²) in [6.45, 7) is 2.64. The number of nitrogens with one attached hydrogen (secondary N) is 2. The molecule has 0 unspecified atom stereocenters. The Morgan fingerprint density at radius 1 is 1.15 bits per heavy atom. The van der Waals surface area contributed by atoms with Gasteiger partial charge in [-0.1, -0.05) is 31.4 Å². The zero-order valence-corrected chi connectivity index (χ0v) is 15.8. The largest absolute Gasteiger partial charge is 0.493 e. The number of carbonyl (C=O) groups excluding carboxylic acids is 2. The van der Waals surface area contributed by atoms with Crippen LogP contribution in [-0.4, -0.2) is 41.6 Å². The minimum Gasteiger partial charge on any atom is -0.493 e. The van der Waals surface area contributed by atoms with Crippen molar-refractivity contribution < 1.29 is 24.2 Å². The Balaban J connectivity index is 1.78. The van der Waals surface area contributed by atoms with Crippen LogP contribution in [0, 0.1) is 0 Å². The Morgan fingerprint density at radius 3 is 2.52 bits per heavy atom. The van der Waals surface area contributed by atoms with Crippen LogP contribution in [0.15, 0.2) is 24.3 Å². The fraction of sp³-hybridized carbons (Fsp3) is 0.550. The fourth-order valence-electron chi connectivity index (χ4n) is 3.36. The summed E-state index contributed by atoms with van der Waals surface area (Å²) in [5.74, 6) is -0.982. The van der Waals surface area contributed by atoms with Crippen LogP contribution in [0.2, 0.25) is 0 Å². The first kappa shape index (κ1) is 20.7. The van der Waals surface area contributed by atoms with Gasteiger partial charge in [0.15, 0.2) is 0 Å². The second-order valence-electron chi connectivity index (χ2n) is 6.78. The monoisotopic (exact) mass is 376 g/mol. The minimum atomic E-state index is -1.13. The van der Waals surface area contributed by atoms with E-state index >= 15 is 0 Å². The van der Waals surface area contributed by atoms with E-state index in [4.69, 9.17) is 4.74 Å². The Hall–Kier alpha value is -2.57. The molecule has 7 heteroatoms. The number of carboxylic acid groups (broad SMARTS) is 1. The molecule has 0 atom stereocenters. The van der Waals surface area contributed by atoms with Crippen molar-refractivity contribution in [3.05, 3.63) is 29.8 Å². The highest BCUT2D eigenvalue weighted by atomic mass is 16.5. The van der Waals surface area contributed by atoms with Crippen LogP contribution in [0.1, 0.15) is 62.2 Å². The molecule has 148 valence electrons. The standard InChI is InChI=1S/C20H28N2O5/c1-2-27-16-10-5-4-9-15(16)18(24)21-14-8-11-17(23)22-20(19(25)26)12-6-3-7-13-20/h4-5,9-10H,2-3,6-8,11-14H2,1H3,(H,21,24)(H,22,23)(H,25,26). The predicted octanol–water partition coefficient (Wildman–Crippen LogP) is 2.50. The van der Waals surface area contributed by atoms with Crippen molar-refractivity contribution in [2.45, 2.75) is 57.4 Å². The van der Waals surface area contributed by atoms with Crippen molar-refractivity contribution in [3.8, 4) is 5.75 Å². The zero-order valence-electron chi connectivity index (χ0n) is 15.8. The van der Waals surface area contributed by atoms with Crippen LogP contribution >= 0.6 is 0 Å². The fourth-order valence-corrected chi connectivity index (χ4v) is 3.36. The first-order valence-corrected chi connectivity index (χ1v) is 9.53. The van der Waals surface area contributed by atoms with E-state index < -0.39 is 11.5 Å². The average molecular weight is 376 g/mol. The number of amides is 2. The molecule has 0 heterocycles. The second kappa shape index (κ2) is 9.94. The summed E-state index contributed by atoms with van der Waals surface area (Å²) < 4.78 is 5.44. The smallest absolute Gasteiger partial charge is 0.329 e. The number of para-hydroxylation sites is 1. The summed E-state index contributed by atoms with van der Waals surface area (Å²) in [5, 5.41) is 15.0. The number of carboxylic acids is 1. The summed E-state index contributed by atoms with van der Waals surface area (Å²) in [4.78, 5) is 36.0. The molecule has 2 rings (SSSR count). The lowest BCUT2D eigenvalue weighted by molar-refractivity contribution is -0.149. The van der Waals surface area contributed by atoms with E-state index in [-0.39, 0.29) is 18.2 Å². The lowest BCUT2D eigenvalue weighted by Gasteiger charge is -2.34. The maximum Gasteiger partial charge on any atom is 0.329 e. The summed E-state index contributed by atoms with van der Waals surface area (Å²) in [6.07, 6.45) is 4.16. The lowest BCUT2D eigenvalue weighted by atomic mass is 9.81. The minimum absolute atomic E-state index is 0.169. The van der Waals surface area contributed by atoms with Crippen molar-refractivity contribution in [2.75, 3.05) is 13.2 Å². The van der Waals surface area contributed by atoms with Gasteiger partial charge in [-0.05, 0) is 38.3 Å². The normalized spacial score (nSPS) is 15.6. The molecule has 1 fully saturated rings. The van der Waals surface area contributed by atoms with Crippen molar-refractivity contribution in [2.24, 2.45) is 0 Å². The van der Waals surface area contributed by atoms with Gasteiger partial charge in [-0.25, -0.2) is 4.79 Å². The zero-order chi connectivity index (χ0) is 19.7. The van der Waals surface area contributed by atoms with Crippen LogP contribution < -0.4 is 15.4 Å². The molecule has 27 heavy (non-hydrogen) atoms. The summed E-state index contributed by atoms with van der Waals surface area (Å²) in [6, 6.07) is 6.99. The van der Waals surface area contributed by atoms with Crippen LogP contribution in [0.25, 0.3) is 0 Å². The summed E-state index contributed by atoms with van der Waals surface area (Å²) >= 11 is 0. The highest BCUT2D eigenvalue weighted by molar-refractivity contribution is 5.96. The molecule has 0 radical (unpaired) electrons. The SMILES string of the molecule is CCOc1ccccc1C(=O)NCCCC(=O)NC1(C(=O)O)CCCCC1. The molecule has 0 bridgehead atoms. The number of rotatable bonds is 9. The first-order chi connectivity index (χ1) is 13.0. The van der Waals surface area contributed by atoms with E-state index in [1.807, 2.05) is 6.92 Å². The number of hydrogen-bond acceptors (Lipinski definition) is 4. The van der Waals surface area contributed by atoms with Crippen molar-refractivity contribution >= 4 is 17.8 Å². The van der Waals surface area contributed by atoms with Gasteiger partial charge >= 0.3 is 5.97 Å². The molecular formula is C20H28N2O5. The van der Waals surface area contributed by atoms with Gasteiger partial charge in [0.1, 0.15) is 11.3 Å². The number of benzene rings is 1. The van der Waals surface area contributed by atoms with E-state index in [1.165, 1.54) is 0 Å². The molecule has 3 N–H and O–H groups in total. The number of hydrogen-bond donors (Lipinski definition) is 3. The Bertz CT molecular complexity index is 668. The molecule has 0 aliphatic heterocycles. The van der Waals surface area contributed by atoms with Gasteiger partial charge in [0.2, 0.25) is 5.91 Å². The average Bonchev–Trinajstić information content (AvgIpc) is 2.66. The highest BCUT2D eigenvalue weighted by Gasteiger charge is 2.40. The first-order valence-electron chi connectivity index (χ1n) is 9.53. The molecule has 0 spiro atoms. The van der Waals surface area contributed by atoms with E-state index in [0.717, 1.165) is 19.3 Å². The van der Waals surface area contributed by atoms with Gasteiger partial charge in [0, 0.05) is 13.0 Å². The molecule has 2 amide bonds. The second-order valence-corrected chi connectivity index (χ2v) is 6.78. The van der Waals surface area contributed by atoms with Crippen molar-refractivity contribution in [3.63, 3.8) is 0 Å². The number of carbonyl (C=O) groups is 3. The van der Waals surface area contributed by atoms with Gasteiger partial charge in [-0.2, -0.15) is 0 Å². The third kappa shape index (κ3) is 5.70. The number of ether oxygens (including phenoxy) is 1. The third-order valence-electron chi connectivity index (χ3n) is 4.79.